The van der Waals surface area contributed by atoms with Gasteiger partial charge in [0.05, 0.1) is 27.9 Å². The van der Waals surface area contributed by atoms with Crippen molar-refractivity contribution in [3.63, 3.8) is 0 Å². The molecule has 0 bridgehead atoms. The fourth-order valence-corrected chi connectivity index (χ4v) is 2.49. The van der Waals surface area contributed by atoms with Gasteiger partial charge in [-0.15, -0.1) is 0 Å². The van der Waals surface area contributed by atoms with Gasteiger partial charge < -0.3 is 9.84 Å². The molecule has 0 atom stereocenters. The Bertz CT molecular complexity index is 753. The average Bonchev–Trinajstić information content (AvgIpc) is 2.51. The van der Waals surface area contributed by atoms with Gasteiger partial charge in [0.15, 0.2) is 5.75 Å². The number of phenols is 1. The highest BCUT2D eigenvalue weighted by atomic mass is 35.5. The lowest BCUT2D eigenvalue weighted by molar-refractivity contribution is 0.0952. The first-order chi connectivity index (χ1) is 11.4. The molecule has 2 rings (SSSR count). The molecule has 7 heteroatoms. The van der Waals surface area contributed by atoms with Gasteiger partial charge in [-0.05, 0) is 43.7 Å². The molecule has 126 valence electrons. The van der Waals surface area contributed by atoms with Gasteiger partial charge in [0, 0.05) is 0 Å². The minimum atomic E-state index is -0.527. The molecule has 0 fully saturated rings. The molecule has 2 aromatic carbocycles. The largest absolute Gasteiger partial charge is 0.507 e. The highest BCUT2D eigenvalue weighted by Crippen LogP contribution is 2.34. The second-order valence-corrected chi connectivity index (χ2v) is 6.01. The van der Waals surface area contributed by atoms with Crippen molar-refractivity contribution in [2.75, 3.05) is 0 Å². The zero-order valence-electron chi connectivity index (χ0n) is 13.1. The molecule has 2 aromatic rings. The van der Waals surface area contributed by atoms with Crippen LogP contribution >= 0.6 is 23.2 Å². The third-order valence-electron chi connectivity index (χ3n) is 2.90. The molecule has 0 heterocycles. The van der Waals surface area contributed by atoms with Crippen LogP contribution in [0.2, 0.25) is 10.0 Å². The van der Waals surface area contributed by atoms with Crippen LogP contribution in [-0.2, 0) is 0 Å². The Labute approximate surface area is 149 Å². The van der Waals surface area contributed by atoms with E-state index < -0.39 is 5.91 Å². The van der Waals surface area contributed by atoms with Crippen molar-refractivity contribution in [3.8, 4) is 11.5 Å². The number of carbonyl (C=O) groups is 1. The predicted molar refractivity (Wildman–Crippen MR) is 95.4 cm³/mol. The van der Waals surface area contributed by atoms with Gasteiger partial charge in [-0.25, -0.2) is 5.43 Å². The fourth-order valence-electron chi connectivity index (χ4n) is 1.89. The average molecular weight is 367 g/mol. The molecular formula is C17H16Cl2N2O3. The third kappa shape index (κ3) is 4.63. The molecule has 0 aromatic heterocycles. The summed E-state index contributed by atoms with van der Waals surface area (Å²) in [5, 5.41) is 14.2. The lowest BCUT2D eigenvalue weighted by Gasteiger charge is -2.13. The number of rotatable bonds is 5. The highest BCUT2D eigenvalue weighted by molar-refractivity contribution is 6.37. The first-order valence-electron chi connectivity index (χ1n) is 7.15. The summed E-state index contributed by atoms with van der Waals surface area (Å²) in [6.07, 6.45) is 1.34. The second kappa shape index (κ2) is 8.04. The van der Waals surface area contributed by atoms with Crippen LogP contribution in [0.5, 0.6) is 11.5 Å². The summed E-state index contributed by atoms with van der Waals surface area (Å²) in [6.45, 7) is 3.74. The van der Waals surface area contributed by atoms with Crippen LogP contribution in [-0.4, -0.2) is 23.3 Å². The normalized spacial score (nSPS) is 11.0. The number of hydrogen-bond donors (Lipinski definition) is 2. The molecule has 0 aliphatic carbocycles. The van der Waals surface area contributed by atoms with E-state index >= 15 is 0 Å². The Kier molecular flexibility index (Phi) is 6.06. The van der Waals surface area contributed by atoms with Crippen molar-refractivity contribution >= 4 is 35.3 Å². The monoisotopic (exact) mass is 366 g/mol. The Morgan fingerprint density at radius 1 is 1.25 bits per heavy atom. The number of aromatic hydroxyl groups is 1. The summed E-state index contributed by atoms with van der Waals surface area (Å²) in [5.41, 5.74) is 3.05. The van der Waals surface area contributed by atoms with Crippen LogP contribution in [0, 0.1) is 0 Å². The number of amides is 1. The maximum Gasteiger partial charge on any atom is 0.275 e. The van der Waals surface area contributed by atoms with Crippen molar-refractivity contribution < 1.29 is 14.6 Å². The highest BCUT2D eigenvalue weighted by Gasteiger charge is 2.11. The maximum absolute atomic E-state index is 11.9. The number of benzene rings is 2. The summed E-state index contributed by atoms with van der Waals surface area (Å²) in [4.78, 5) is 11.9. The topological polar surface area (TPSA) is 70.9 Å². The zero-order valence-corrected chi connectivity index (χ0v) is 14.6. The van der Waals surface area contributed by atoms with Crippen LogP contribution in [0.4, 0.5) is 0 Å². The predicted octanol–water partition coefficient (Wildman–Crippen LogP) is 4.25. The number of hydrazone groups is 1. The van der Waals surface area contributed by atoms with Crippen LogP contribution in [0.25, 0.3) is 0 Å². The lowest BCUT2D eigenvalue weighted by atomic mass is 10.2. The van der Waals surface area contributed by atoms with Crippen molar-refractivity contribution in [3.05, 3.63) is 57.6 Å². The van der Waals surface area contributed by atoms with Gasteiger partial charge in [-0.1, -0.05) is 35.3 Å². The molecule has 0 saturated carbocycles. The van der Waals surface area contributed by atoms with Gasteiger partial charge in [0.25, 0.3) is 5.91 Å². The van der Waals surface area contributed by atoms with Gasteiger partial charge in [-0.3, -0.25) is 4.79 Å². The quantitative estimate of drug-likeness (QED) is 0.613. The van der Waals surface area contributed by atoms with E-state index in [0.717, 1.165) is 0 Å². The Morgan fingerprint density at radius 2 is 1.88 bits per heavy atom. The molecule has 0 saturated heterocycles. The number of nitrogens with one attached hydrogen (secondary N) is 1. The molecular weight excluding hydrogens is 351 g/mol. The van der Waals surface area contributed by atoms with Crippen LogP contribution in [0.1, 0.15) is 29.8 Å². The van der Waals surface area contributed by atoms with Crippen molar-refractivity contribution in [2.45, 2.75) is 20.0 Å². The maximum atomic E-state index is 11.9. The van der Waals surface area contributed by atoms with E-state index in [-0.39, 0.29) is 17.4 Å². The molecule has 0 spiro atoms. The number of halogens is 2. The Morgan fingerprint density at radius 3 is 2.46 bits per heavy atom. The van der Waals surface area contributed by atoms with Crippen molar-refractivity contribution in [2.24, 2.45) is 5.10 Å². The van der Waals surface area contributed by atoms with E-state index in [9.17, 15) is 9.90 Å². The number of hydrogen-bond acceptors (Lipinski definition) is 4. The standard InChI is InChI=1S/C17H16Cl2N2O3/c1-10(2)24-16-13(18)7-11(8-14(16)19)9-20-21-17(23)12-5-3-4-6-15(12)22/h3-10,22H,1-2H3,(H,21,23)/b20-9-. The molecule has 0 aliphatic heterocycles. The van der Waals surface area contributed by atoms with Gasteiger partial charge in [-0.2, -0.15) is 5.10 Å². The summed E-state index contributed by atoms with van der Waals surface area (Å²) >= 11 is 12.3. The molecule has 0 aliphatic rings. The smallest absolute Gasteiger partial charge is 0.275 e. The van der Waals surface area contributed by atoms with E-state index in [1.165, 1.54) is 18.3 Å². The third-order valence-corrected chi connectivity index (χ3v) is 3.46. The lowest BCUT2D eigenvalue weighted by Crippen LogP contribution is -2.17. The molecule has 0 radical (unpaired) electrons. The van der Waals surface area contributed by atoms with Gasteiger partial charge in [0.1, 0.15) is 5.75 Å². The summed E-state index contributed by atoms with van der Waals surface area (Å²) < 4.78 is 5.54. The van der Waals surface area contributed by atoms with E-state index in [4.69, 9.17) is 27.9 Å². The van der Waals surface area contributed by atoms with Crippen LogP contribution in [0.3, 0.4) is 0 Å². The molecule has 1 amide bonds. The van der Waals surface area contributed by atoms with Crippen molar-refractivity contribution in [1.29, 1.82) is 0 Å². The van der Waals surface area contributed by atoms with E-state index in [2.05, 4.69) is 10.5 Å². The first kappa shape index (κ1) is 18.1. The number of phenolic OH excluding ortho intramolecular Hbond substituents is 1. The number of ether oxygens (including phenoxy) is 1. The molecule has 5 nitrogen and oxygen atoms in total. The number of para-hydroxylation sites is 1. The minimum Gasteiger partial charge on any atom is -0.507 e. The SMILES string of the molecule is CC(C)Oc1c(Cl)cc(/C=N\NC(=O)c2ccccc2O)cc1Cl. The Balaban J connectivity index is 2.10. The van der Waals surface area contributed by atoms with E-state index in [1.54, 1.807) is 24.3 Å². The zero-order chi connectivity index (χ0) is 17.7. The second-order valence-electron chi connectivity index (χ2n) is 5.20. The first-order valence-corrected chi connectivity index (χ1v) is 7.91. The summed E-state index contributed by atoms with van der Waals surface area (Å²) in [5.74, 6) is -0.239. The van der Waals surface area contributed by atoms with E-state index in [0.29, 0.717) is 21.4 Å². The fraction of sp³-hybridized carbons (Fsp3) is 0.176. The minimum absolute atomic E-state index is 0.0580. The number of nitrogens with zero attached hydrogens (tertiary/aromatic N) is 1. The van der Waals surface area contributed by atoms with E-state index in [1.807, 2.05) is 13.8 Å². The van der Waals surface area contributed by atoms with Crippen LogP contribution < -0.4 is 10.2 Å². The summed E-state index contributed by atoms with van der Waals surface area (Å²) in [6, 6.07) is 9.44. The molecule has 2 N–H and O–H groups in total. The van der Waals surface area contributed by atoms with Crippen molar-refractivity contribution in [1.82, 2.24) is 5.43 Å². The molecule has 0 unspecified atom stereocenters. The van der Waals surface area contributed by atoms with Gasteiger partial charge >= 0.3 is 0 Å². The van der Waals surface area contributed by atoms with Gasteiger partial charge in [0.2, 0.25) is 0 Å². The summed E-state index contributed by atoms with van der Waals surface area (Å²) in [7, 11) is 0. The van der Waals surface area contributed by atoms with Crippen LogP contribution in [0.15, 0.2) is 41.5 Å². The molecule has 24 heavy (non-hydrogen) atoms. The Hall–Kier alpha value is -2.24. The number of carbonyl (C=O) groups excluding carboxylic acids is 1.